The monoisotopic (exact) mass is 253 g/mol. The maximum absolute atomic E-state index is 5.55. The van der Waals surface area contributed by atoms with Gasteiger partial charge in [-0.15, -0.1) is 0 Å². The average molecular weight is 253 g/mol. The van der Waals surface area contributed by atoms with Crippen molar-refractivity contribution in [2.24, 2.45) is 11.7 Å². The quantitative estimate of drug-likeness (QED) is 0.635. The Kier molecular flexibility index (Phi) is 6.46. The Bertz CT molecular complexity index is 214. The largest absolute Gasteiger partial charge is 0.330 e. The normalized spacial score (nSPS) is 33.5. The molecule has 0 aromatic carbocycles. The van der Waals surface area contributed by atoms with Gasteiger partial charge in [-0.25, -0.2) is 0 Å². The summed E-state index contributed by atoms with van der Waals surface area (Å²) in [7, 11) is 0. The number of hydrogen-bond acceptors (Lipinski definition) is 3. The second-order valence-corrected chi connectivity index (χ2v) is 6.06. The van der Waals surface area contributed by atoms with E-state index in [1.165, 1.54) is 57.9 Å². The van der Waals surface area contributed by atoms with E-state index in [9.17, 15) is 0 Å². The van der Waals surface area contributed by atoms with Crippen molar-refractivity contribution in [3.05, 3.63) is 0 Å². The first-order valence-electron chi connectivity index (χ1n) is 8.08. The molecule has 4 N–H and O–H groups in total. The Labute approximate surface area is 112 Å². The molecule has 18 heavy (non-hydrogen) atoms. The van der Waals surface area contributed by atoms with Crippen LogP contribution in [0, 0.1) is 5.92 Å². The summed E-state index contributed by atoms with van der Waals surface area (Å²) in [5.74, 6) is 0.872. The Morgan fingerprint density at radius 2 is 1.83 bits per heavy atom. The first kappa shape index (κ1) is 14.3. The van der Waals surface area contributed by atoms with Crippen LogP contribution in [-0.4, -0.2) is 31.7 Å². The van der Waals surface area contributed by atoms with Gasteiger partial charge >= 0.3 is 0 Å². The molecule has 1 heterocycles. The van der Waals surface area contributed by atoms with Gasteiger partial charge in [0.05, 0.1) is 0 Å². The van der Waals surface area contributed by atoms with E-state index in [4.69, 9.17) is 5.73 Å². The molecule has 0 aromatic heterocycles. The topological polar surface area (TPSA) is 50.1 Å². The van der Waals surface area contributed by atoms with Crippen LogP contribution in [0.4, 0.5) is 0 Å². The summed E-state index contributed by atoms with van der Waals surface area (Å²) >= 11 is 0. The van der Waals surface area contributed by atoms with E-state index in [1.807, 2.05) is 0 Å². The van der Waals surface area contributed by atoms with E-state index in [1.54, 1.807) is 0 Å². The van der Waals surface area contributed by atoms with Crippen molar-refractivity contribution < 1.29 is 0 Å². The molecule has 3 atom stereocenters. The minimum atomic E-state index is 0.757. The lowest BCUT2D eigenvalue weighted by Crippen LogP contribution is -2.50. The number of piperidine rings is 1. The summed E-state index contributed by atoms with van der Waals surface area (Å²) in [6.07, 6.45) is 12.2. The van der Waals surface area contributed by atoms with Crippen LogP contribution < -0.4 is 16.4 Å². The van der Waals surface area contributed by atoms with Crippen molar-refractivity contribution in [2.75, 3.05) is 19.6 Å². The summed E-state index contributed by atoms with van der Waals surface area (Å²) in [5.41, 5.74) is 5.55. The van der Waals surface area contributed by atoms with Crippen LogP contribution >= 0.6 is 0 Å². The Morgan fingerprint density at radius 1 is 1.00 bits per heavy atom. The van der Waals surface area contributed by atoms with Gasteiger partial charge in [0, 0.05) is 12.1 Å². The van der Waals surface area contributed by atoms with Gasteiger partial charge in [-0.05, 0) is 64.1 Å². The van der Waals surface area contributed by atoms with Crippen LogP contribution in [0.2, 0.25) is 0 Å². The number of nitrogens with two attached hydrogens (primary N) is 1. The van der Waals surface area contributed by atoms with Gasteiger partial charge in [0.15, 0.2) is 0 Å². The molecule has 1 aliphatic heterocycles. The fourth-order valence-corrected chi connectivity index (χ4v) is 3.70. The summed E-state index contributed by atoms with van der Waals surface area (Å²) < 4.78 is 0. The number of rotatable bonds is 6. The highest BCUT2D eigenvalue weighted by Gasteiger charge is 2.31. The number of unbranched alkanes of at least 4 members (excludes halogenated alkanes) is 1. The van der Waals surface area contributed by atoms with Gasteiger partial charge < -0.3 is 16.4 Å². The van der Waals surface area contributed by atoms with Gasteiger partial charge in [-0.1, -0.05) is 19.3 Å². The van der Waals surface area contributed by atoms with Crippen LogP contribution in [0.1, 0.15) is 57.8 Å². The van der Waals surface area contributed by atoms with Crippen LogP contribution in [0.3, 0.4) is 0 Å². The van der Waals surface area contributed by atoms with E-state index in [0.717, 1.165) is 37.5 Å². The van der Waals surface area contributed by atoms with Crippen LogP contribution in [-0.2, 0) is 0 Å². The molecule has 1 saturated carbocycles. The highest BCUT2D eigenvalue weighted by Crippen LogP contribution is 2.30. The van der Waals surface area contributed by atoms with Gasteiger partial charge in [-0.2, -0.15) is 0 Å². The Balaban J connectivity index is 1.77. The molecular weight excluding hydrogens is 222 g/mol. The molecule has 1 saturated heterocycles. The molecule has 2 aliphatic rings. The van der Waals surface area contributed by atoms with Gasteiger partial charge in [-0.3, -0.25) is 0 Å². The van der Waals surface area contributed by atoms with Gasteiger partial charge in [0.1, 0.15) is 0 Å². The Morgan fingerprint density at radius 3 is 2.61 bits per heavy atom. The van der Waals surface area contributed by atoms with Crippen LogP contribution in [0.15, 0.2) is 0 Å². The van der Waals surface area contributed by atoms with Crippen molar-refractivity contribution in [1.29, 1.82) is 0 Å². The lowest BCUT2D eigenvalue weighted by molar-refractivity contribution is 0.182. The molecule has 3 unspecified atom stereocenters. The first-order valence-corrected chi connectivity index (χ1v) is 8.08. The zero-order chi connectivity index (χ0) is 12.6. The zero-order valence-electron chi connectivity index (χ0n) is 11.8. The van der Waals surface area contributed by atoms with Crippen molar-refractivity contribution >= 4 is 0 Å². The third-order valence-corrected chi connectivity index (χ3v) is 4.72. The van der Waals surface area contributed by atoms with E-state index in [0.29, 0.717) is 0 Å². The van der Waals surface area contributed by atoms with Crippen LogP contribution in [0.25, 0.3) is 0 Å². The van der Waals surface area contributed by atoms with Crippen molar-refractivity contribution in [1.82, 2.24) is 10.6 Å². The van der Waals surface area contributed by atoms with E-state index < -0.39 is 0 Å². The minimum absolute atomic E-state index is 0.757. The predicted octanol–water partition coefficient (Wildman–Crippen LogP) is 2.02. The third kappa shape index (κ3) is 4.22. The summed E-state index contributed by atoms with van der Waals surface area (Å²) in [4.78, 5) is 0. The summed E-state index contributed by atoms with van der Waals surface area (Å²) in [6, 6.07) is 1.54. The standard InChI is InChI=1S/C15H31N3/c16-10-4-6-12-18-14-8-2-1-7-13(14)15-9-3-5-11-17-15/h13-15,17-18H,1-12,16H2. The minimum Gasteiger partial charge on any atom is -0.330 e. The third-order valence-electron chi connectivity index (χ3n) is 4.72. The summed E-state index contributed by atoms with van der Waals surface area (Å²) in [5, 5.41) is 7.57. The molecule has 3 nitrogen and oxygen atoms in total. The molecule has 3 heteroatoms. The second-order valence-electron chi connectivity index (χ2n) is 6.06. The van der Waals surface area contributed by atoms with E-state index >= 15 is 0 Å². The summed E-state index contributed by atoms with van der Waals surface area (Å²) in [6.45, 7) is 3.23. The fraction of sp³-hybridized carbons (Fsp3) is 1.00. The van der Waals surface area contributed by atoms with Crippen LogP contribution in [0.5, 0.6) is 0 Å². The maximum atomic E-state index is 5.55. The molecule has 106 valence electrons. The maximum Gasteiger partial charge on any atom is 0.0110 e. The first-order chi connectivity index (χ1) is 8.92. The highest BCUT2D eigenvalue weighted by atomic mass is 15.0. The molecule has 0 bridgehead atoms. The molecular formula is C15H31N3. The molecule has 0 radical (unpaired) electrons. The molecule has 2 fully saturated rings. The van der Waals surface area contributed by atoms with E-state index in [-0.39, 0.29) is 0 Å². The molecule has 2 rings (SSSR count). The van der Waals surface area contributed by atoms with Crippen molar-refractivity contribution in [3.8, 4) is 0 Å². The Hall–Kier alpha value is -0.120. The number of nitrogens with one attached hydrogen (secondary N) is 2. The SMILES string of the molecule is NCCCCNC1CCCCC1C1CCCCN1. The molecule has 1 aliphatic carbocycles. The lowest BCUT2D eigenvalue weighted by Gasteiger charge is -2.40. The smallest absolute Gasteiger partial charge is 0.0110 e. The fourth-order valence-electron chi connectivity index (χ4n) is 3.70. The van der Waals surface area contributed by atoms with Crippen molar-refractivity contribution in [2.45, 2.75) is 69.9 Å². The average Bonchev–Trinajstić information content (AvgIpc) is 2.45. The lowest BCUT2D eigenvalue weighted by atomic mass is 9.77. The highest BCUT2D eigenvalue weighted by molar-refractivity contribution is 4.90. The van der Waals surface area contributed by atoms with Crippen molar-refractivity contribution in [3.63, 3.8) is 0 Å². The molecule has 0 spiro atoms. The molecule has 0 aromatic rings. The second kappa shape index (κ2) is 8.13. The van der Waals surface area contributed by atoms with Gasteiger partial charge in [0.2, 0.25) is 0 Å². The zero-order valence-corrected chi connectivity index (χ0v) is 11.8. The number of hydrogen-bond donors (Lipinski definition) is 3. The predicted molar refractivity (Wildman–Crippen MR) is 77.7 cm³/mol. The molecule has 0 amide bonds. The van der Waals surface area contributed by atoms with Gasteiger partial charge in [0.25, 0.3) is 0 Å². The van der Waals surface area contributed by atoms with E-state index in [2.05, 4.69) is 10.6 Å².